The van der Waals surface area contributed by atoms with Crippen molar-refractivity contribution < 1.29 is 9.53 Å². The van der Waals surface area contributed by atoms with Gasteiger partial charge in [0.25, 0.3) is 11.5 Å². The number of hydrogen-bond acceptors (Lipinski definition) is 6. The van der Waals surface area contributed by atoms with E-state index < -0.39 is 0 Å². The monoisotopic (exact) mass is 352 g/mol. The maximum Gasteiger partial charge on any atom is 0.272 e. The number of H-pyrrole nitrogens is 1. The molecule has 132 valence electrons. The average molecular weight is 352 g/mol. The lowest BCUT2D eigenvalue weighted by Crippen LogP contribution is -2.25. The predicted molar refractivity (Wildman–Crippen MR) is 94.1 cm³/mol. The first-order valence-electron chi connectivity index (χ1n) is 8.45. The summed E-state index contributed by atoms with van der Waals surface area (Å²) in [6, 6.07) is 5.83. The standard InChI is InChI=1S/C17H16N6O3/c18-13-12-16(25)19-5-6-26-17(12)21-14(20-13)8-1-4-11-10(7-8)15(24)22-23(11)9-2-3-9/h1,4,7,9H,2-3,5-6H2,(H,19,25)(H,22,24)(H2,18,20,21). The zero-order chi connectivity index (χ0) is 17.8. The third-order valence-electron chi connectivity index (χ3n) is 4.65. The first kappa shape index (κ1) is 14.9. The van der Waals surface area contributed by atoms with E-state index >= 15 is 0 Å². The number of nitrogens with one attached hydrogen (secondary N) is 2. The first-order chi connectivity index (χ1) is 12.6. The van der Waals surface area contributed by atoms with Crippen molar-refractivity contribution in [2.75, 3.05) is 18.9 Å². The van der Waals surface area contributed by atoms with E-state index in [0.29, 0.717) is 36.0 Å². The van der Waals surface area contributed by atoms with Crippen LogP contribution >= 0.6 is 0 Å². The number of carbonyl (C=O) groups excluding carboxylic acids is 1. The van der Waals surface area contributed by atoms with Crippen molar-refractivity contribution in [3.8, 4) is 17.3 Å². The van der Waals surface area contributed by atoms with Crippen LogP contribution in [-0.4, -0.2) is 38.8 Å². The predicted octanol–water partition coefficient (Wildman–Crippen LogP) is 0.826. The van der Waals surface area contributed by atoms with Gasteiger partial charge in [0.05, 0.1) is 23.5 Å². The number of carbonyl (C=O) groups is 1. The Morgan fingerprint density at radius 1 is 1.23 bits per heavy atom. The normalized spacial score (nSPS) is 16.7. The summed E-state index contributed by atoms with van der Waals surface area (Å²) in [6.07, 6.45) is 2.15. The maximum atomic E-state index is 12.3. The van der Waals surface area contributed by atoms with Crippen LogP contribution in [-0.2, 0) is 0 Å². The third kappa shape index (κ3) is 2.24. The summed E-state index contributed by atoms with van der Waals surface area (Å²) in [4.78, 5) is 32.9. The molecule has 1 aromatic carbocycles. The van der Waals surface area contributed by atoms with Gasteiger partial charge in [0.15, 0.2) is 5.82 Å². The molecule has 5 rings (SSSR count). The van der Waals surface area contributed by atoms with Crippen molar-refractivity contribution in [2.24, 2.45) is 0 Å². The molecule has 3 heterocycles. The van der Waals surface area contributed by atoms with Crippen LogP contribution in [0, 0.1) is 0 Å². The summed E-state index contributed by atoms with van der Waals surface area (Å²) in [5.41, 5.74) is 7.47. The zero-order valence-corrected chi connectivity index (χ0v) is 13.8. The van der Waals surface area contributed by atoms with Gasteiger partial charge in [0.1, 0.15) is 18.0 Å². The summed E-state index contributed by atoms with van der Waals surface area (Å²) in [6.45, 7) is 0.678. The Kier molecular flexibility index (Phi) is 3.05. The summed E-state index contributed by atoms with van der Waals surface area (Å²) in [5.74, 6) is 0.174. The van der Waals surface area contributed by atoms with Crippen LogP contribution in [0.25, 0.3) is 22.3 Å². The highest BCUT2D eigenvalue weighted by atomic mass is 16.5. The van der Waals surface area contributed by atoms with Crippen LogP contribution in [0.2, 0.25) is 0 Å². The fourth-order valence-corrected chi connectivity index (χ4v) is 3.22. The van der Waals surface area contributed by atoms with Crippen LogP contribution in [0.3, 0.4) is 0 Å². The summed E-state index contributed by atoms with van der Waals surface area (Å²) >= 11 is 0. The second kappa shape index (κ2) is 5.32. The number of ether oxygens (including phenoxy) is 1. The number of nitrogens with zero attached hydrogens (tertiary/aromatic N) is 3. The van der Waals surface area contributed by atoms with Crippen molar-refractivity contribution in [1.29, 1.82) is 0 Å². The van der Waals surface area contributed by atoms with Crippen LogP contribution in [0.4, 0.5) is 5.82 Å². The van der Waals surface area contributed by atoms with Gasteiger partial charge in [0.2, 0.25) is 5.88 Å². The summed E-state index contributed by atoms with van der Waals surface area (Å²) in [7, 11) is 0. The molecule has 0 atom stereocenters. The van der Waals surface area contributed by atoms with Crippen LogP contribution in [0.15, 0.2) is 23.0 Å². The number of nitrogens with two attached hydrogens (primary N) is 1. The number of fused-ring (bicyclic) bond motifs is 2. The molecule has 2 aliphatic rings. The number of benzene rings is 1. The number of aromatic nitrogens is 4. The Labute approximate surface area is 147 Å². The lowest BCUT2D eigenvalue weighted by Gasteiger charge is -2.09. The van der Waals surface area contributed by atoms with Crippen molar-refractivity contribution >= 4 is 22.6 Å². The molecule has 1 saturated carbocycles. The largest absolute Gasteiger partial charge is 0.475 e. The van der Waals surface area contributed by atoms with E-state index in [4.69, 9.17) is 10.5 Å². The number of aromatic amines is 1. The molecule has 0 spiro atoms. The van der Waals surface area contributed by atoms with Crippen molar-refractivity contribution in [3.05, 3.63) is 34.1 Å². The van der Waals surface area contributed by atoms with Gasteiger partial charge in [0, 0.05) is 5.56 Å². The molecule has 0 unspecified atom stereocenters. The number of nitrogen functional groups attached to an aromatic ring is 1. The van der Waals surface area contributed by atoms with Crippen molar-refractivity contribution in [2.45, 2.75) is 18.9 Å². The molecule has 0 saturated heterocycles. The highest BCUT2D eigenvalue weighted by Crippen LogP contribution is 2.36. The first-order valence-corrected chi connectivity index (χ1v) is 8.45. The topological polar surface area (TPSA) is 128 Å². The third-order valence-corrected chi connectivity index (χ3v) is 4.65. The van der Waals surface area contributed by atoms with E-state index in [1.165, 1.54) is 0 Å². The molecule has 1 fully saturated rings. The highest BCUT2D eigenvalue weighted by Gasteiger charge is 2.27. The molecule has 1 amide bonds. The molecular formula is C17H16N6O3. The van der Waals surface area contributed by atoms with Crippen molar-refractivity contribution in [3.63, 3.8) is 0 Å². The van der Waals surface area contributed by atoms with Gasteiger partial charge in [-0.25, -0.2) is 4.98 Å². The van der Waals surface area contributed by atoms with Crippen LogP contribution in [0.5, 0.6) is 5.88 Å². The van der Waals surface area contributed by atoms with Gasteiger partial charge in [-0.2, -0.15) is 4.98 Å². The molecular weight excluding hydrogens is 336 g/mol. The minimum atomic E-state index is -0.352. The smallest absolute Gasteiger partial charge is 0.272 e. The summed E-state index contributed by atoms with van der Waals surface area (Å²) in [5, 5.41) is 6.14. The number of anilines is 1. The molecule has 26 heavy (non-hydrogen) atoms. The SMILES string of the molecule is Nc1nc(-c2ccc3c(c2)c(=O)[nH]n3C2CC2)nc2c1C(=O)NCCO2. The van der Waals surface area contributed by atoms with Gasteiger partial charge in [-0.15, -0.1) is 0 Å². The quantitative estimate of drug-likeness (QED) is 0.627. The Morgan fingerprint density at radius 2 is 2.08 bits per heavy atom. The molecule has 9 heteroatoms. The Morgan fingerprint density at radius 3 is 2.88 bits per heavy atom. The molecule has 1 aliphatic heterocycles. The fourth-order valence-electron chi connectivity index (χ4n) is 3.22. The van der Waals surface area contributed by atoms with Gasteiger partial charge >= 0.3 is 0 Å². The number of amides is 1. The van der Waals surface area contributed by atoms with Crippen LogP contribution < -0.4 is 21.3 Å². The summed E-state index contributed by atoms with van der Waals surface area (Å²) < 4.78 is 7.45. The molecule has 9 nitrogen and oxygen atoms in total. The lowest BCUT2D eigenvalue weighted by atomic mass is 10.1. The van der Waals surface area contributed by atoms with Gasteiger partial charge in [-0.05, 0) is 31.0 Å². The zero-order valence-electron chi connectivity index (χ0n) is 13.8. The van der Waals surface area contributed by atoms with E-state index in [1.807, 2.05) is 16.8 Å². The fraction of sp³-hybridized carbons (Fsp3) is 0.294. The minimum Gasteiger partial charge on any atom is -0.475 e. The van der Waals surface area contributed by atoms with Crippen molar-refractivity contribution in [1.82, 2.24) is 25.1 Å². The highest BCUT2D eigenvalue weighted by molar-refractivity contribution is 6.01. The number of rotatable bonds is 2. The van der Waals surface area contributed by atoms with E-state index in [1.54, 1.807) is 6.07 Å². The maximum absolute atomic E-state index is 12.3. The molecule has 2 aromatic heterocycles. The molecule has 1 aliphatic carbocycles. The van der Waals surface area contributed by atoms with Gasteiger partial charge in [-0.1, -0.05) is 0 Å². The molecule has 4 N–H and O–H groups in total. The average Bonchev–Trinajstić information content (AvgIpc) is 3.44. The molecule has 3 aromatic rings. The second-order valence-corrected chi connectivity index (χ2v) is 6.49. The Hall–Kier alpha value is -3.36. The molecule has 0 bridgehead atoms. The Balaban J connectivity index is 1.65. The van der Waals surface area contributed by atoms with Crippen LogP contribution in [0.1, 0.15) is 29.2 Å². The van der Waals surface area contributed by atoms with E-state index in [-0.39, 0.29) is 28.7 Å². The minimum absolute atomic E-state index is 0.0500. The number of hydrogen-bond donors (Lipinski definition) is 3. The van der Waals surface area contributed by atoms with E-state index in [0.717, 1.165) is 18.4 Å². The van der Waals surface area contributed by atoms with Gasteiger partial charge < -0.3 is 15.8 Å². The lowest BCUT2D eigenvalue weighted by molar-refractivity contribution is 0.0957. The Bertz CT molecular complexity index is 1110. The second-order valence-electron chi connectivity index (χ2n) is 6.49. The van der Waals surface area contributed by atoms with E-state index in [9.17, 15) is 9.59 Å². The van der Waals surface area contributed by atoms with Gasteiger partial charge in [-0.3, -0.25) is 19.4 Å². The molecule has 0 radical (unpaired) electrons. The van der Waals surface area contributed by atoms with E-state index in [2.05, 4.69) is 20.4 Å².